The number of benzene rings is 1. The molecule has 1 aromatic heterocycles. The number of amides is 1. The van der Waals surface area contributed by atoms with Gasteiger partial charge in [0.15, 0.2) is 0 Å². The lowest BCUT2D eigenvalue weighted by atomic mass is 10.1. The third-order valence-corrected chi connectivity index (χ3v) is 2.50. The number of carbonyl (C=O) groups is 1. The second kappa shape index (κ2) is 4.80. The Bertz CT molecular complexity index is 533. The molecule has 5 nitrogen and oxygen atoms in total. The maximum atomic E-state index is 11.6. The van der Waals surface area contributed by atoms with Crippen LogP contribution in [-0.2, 0) is 6.54 Å². The Labute approximate surface area is 99.2 Å². The minimum atomic E-state index is -0.288. The molecule has 3 N–H and O–H groups in total. The van der Waals surface area contributed by atoms with Crippen LogP contribution in [0.4, 0.5) is 0 Å². The first kappa shape index (κ1) is 11.3. The molecule has 0 saturated heterocycles. The molecular formula is C12H14N4O. The van der Waals surface area contributed by atoms with Crippen LogP contribution >= 0.6 is 0 Å². The number of aromatic nitrogens is 2. The van der Waals surface area contributed by atoms with Gasteiger partial charge < -0.3 is 0 Å². The van der Waals surface area contributed by atoms with E-state index in [1.54, 1.807) is 10.7 Å². The van der Waals surface area contributed by atoms with Gasteiger partial charge in [0, 0.05) is 11.8 Å². The van der Waals surface area contributed by atoms with E-state index in [-0.39, 0.29) is 5.91 Å². The van der Waals surface area contributed by atoms with Crippen molar-refractivity contribution in [2.24, 2.45) is 5.84 Å². The largest absolute Gasteiger partial charge is 0.290 e. The third-order valence-electron chi connectivity index (χ3n) is 2.50. The fraction of sp³-hybridized carbons (Fsp3) is 0.167. The Hall–Kier alpha value is -2.14. The Morgan fingerprint density at radius 1 is 1.41 bits per heavy atom. The normalized spacial score (nSPS) is 10.2. The molecular weight excluding hydrogens is 216 g/mol. The van der Waals surface area contributed by atoms with Crippen molar-refractivity contribution in [3.05, 3.63) is 53.3 Å². The SMILES string of the molecule is Cc1ccn(Cc2ccccc2C(=O)NN)n1. The lowest BCUT2D eigenvalue weighted by Gasteiger charge is -2.08. The number of nitrogens with zero attached hydrogens (tertiary/aromatic N) is 2. The lowest BCUT2D eigenvalue weighted by Crippen LogP contribution is -2.31. The highest BCUT2D eigenvalue weighted by atomic mass is 16.2. The van der Waals surface area contributed by atoms with Crippen molar-refractivity contribution in [2.45, 2.75) is 13.5 Å². The van der Waals surface area contributed by atoms with Crippen LogP contribution in [0.2, 0.25) is 0 Å². The van der Waals surface area contributed by atoms with Gasteiger partial charge in [-0.25, -0.2) is 5.84 Å². The summed E-state index contributed by atoms with van der Waals surface area (Å²) in [6.45, 7) is 2.48. The number of nitrogens with one attached hydrogen (secondary N) is 1. The first-order chi connectivity index (χ1) is 8.20. The van der Waals surface area contributed by atoms with E-state index < -0.39 is 0 Å². The molecule has 5 heteroatoms. The van der Waals surface area contributed by atoms with Gasteiger partial charge in [-0.05, 0) is 24.6 Å². The number of nitrogen functional groups attached to an aromatic ring is 1. The van der Waals surface area contributed by atoms with Crippen molar-refractivity contribution in [3.8, 4) is 0 Å². The van der Waals surface area contributed by atoms with Gasteiger partial charge in [0.2, 0.25) is 0 Å². The molecule has 88 valence electrons. The molecule has 0 fully saturated rings. The van der Waals surface area contributed by atoms with Crippen LogP contribution in [0.5, 0.6) is 0 Å². The second-order valence-corrected chi connectivity index (χ2v) is 3.79. The molecule has 1 aromatic carbocycles. The first-order valence-corrected chi connectivity index (χ1v) is 5.29. The molecule has 0 aliphatic heterocycles. The number of aryl methyl sites for hydroxylation is 1. The lowest BCUT2D eigenvalue weighted by molar-refractivity contribution is 0.0952. The van der Waals surface area contributed by atoms with Gasteiger partial charge in [-0.2, -0.15) is 5.10 Å². The summed E-state index contributed by atoms with van der Waals surface area (Å²) in [5.41, 5.74) is 4.55. The Balaban J connectivity index is 2.29. The van der Waals surface area contributed by atoms with Crippen LogP contribution in [0, 0.1) is 6.92 Å². The average molecular weight is 230 g/mol. The molecule has 0 saturated carbocycles. The van der Waals surface area contributed by atoms with Gasteiger partial charge in [0.25, 0.3) is 5.91 Å². The molecule has 2 aromatic rings. The fourth-order valence-corrected chi connectivity index (χ4v) is 1.68. The standard InChI is InChI=1S/C12H14N4O/c1-9-6-7-16(15-9)8-10-4-2-3-5-11(10)12(17)14-13/h2-7H,8,13H2,1H3,(H,14,17). The average Bonchev–Trinajstić information content (AvgIpc) is 2.74. The molecule has 0 aliphatic rings. The highest BCUT2D eigenvalue weighted by Gasteiger charge is 2.09. The zero-order chi connectivity index (χ0) is 12.3. The highest BCUT2D eigenvalue weighted by molar-refractivity contribution is 5.95. The van der Waals surface area contributed by atoms with Crippen molar-refractivity contribution in [1.82, 2.24) is 15.2 Å². The predicted molar refractivity (Wildman–Crippen MR) is 64.2 cm³/mol. The minimum absolute atomic E-state index is 0.288. The summed E-state index contributed by atoms with van der Waals surface area (Å²) in [5, 5.41) is 4.29. The van der Waals surface area contributed by atoms with E-state index in [9.17, 15) is 4.79 Å². The van der Waals surface area contributed by atoms with Crippen molar-refractivity contribution in [2.75, 3.05) is 0 Å². The summed E-state index contributed by atoms with van der Waals surface area (Å²) in [6.07, 6.45) is 1.88. The van der Waals surface area contributed by atoms with E-state index in [0.29, 0.717) is 12.1 Å². The van der Waals surface area contributed by atoms with E-state index in [1.165, 1.54) is 0 Å². The highest BCUT2D eigenvalue weighted by Crippen LogP contribution is 2.10. The van der Waals surface area contributed by atoms with Crippen LogP contribution in [0.3, 0.4) is 0 Å². The number of hydrazine groups is 1. The van der Waals surface area contributed by atoms with Gasteiger partial charge in [-0.15, -0.1) is 0 Å². The smallest absolute Gasteiger partial charge is 0.265 e. The number of nitrogens with two attached hydrogens (primary N) is 1. The fourth-order valence-electron chi connectivity index (χ4n) is 1.68. The van der Waals surface area contributed by atoms with Gasteiger partial charge in [0.1, 0.15) is 0 Å². The Morgan fingerprint density at radius 3 is 2.82 bits per heavy atom. The maximum absolute atomic E-state index is 11.6. The molecule has 2 rings (SSSR count). The summed E-state index contributed by atoms with van der Waals surface area (Å²) < 4.78 is 1.79. The molecule has 0 unspecified atom stereocenters. The summed E-state index contributed by atoms with van der Waals surface area (Å²) in [7, 11) is 0. The van der Waals surface area contributed by atoms with Crippen LogP contribution in [-0.4, -0.2) is 15.7 Å². The van der Waals surface area contributed by atoms with E-state index in [1.807, 2.05) is 37.4 Å². The van der Waals surface area contributed by atoms with Crippen molar-refractivity contribution in [3.63, 3.8) is 0 Å². The van der Waals surface area contributed by atoms with E-state index >= 15 is 0 Å². The number of carbonyl (C=O) groups excluding carboxylic acids is 1. The monoisotopic (exact) mass is 230 g/mol. The molecule has 0 bridgehead atoms. The molecule has 1 amide bonds. The molecule has 17 heavy (non-hydrogen) atoms. The number of hydrogen-bond acceptors (Lipinski definition) is 3. The summed E-state index contributed by atoms with van der Waals surface area (Å²) in [6, 6.07) is 9.25. The zero-order valence-electron chi connectivity index (χ0n) is 9.55. The zero-order valence-corrected chi connectivity index (χ0v) is 9.55. The van der Waals surface area contributed by atoms with Crippen molar-refractivity contribution >= 4 is 5.91 Å². The van der Waals surface area contributed by atoms with E-state index in [2.05, 4.69) is 10.5 Å². The van der Waals surface area contributed by atoms with Crippen LogP contribution in [0.1, 0.15) is 21.6 Å². The van der Waals surface area contributed by atoms with Crippen LogP contribution in [0.25, 0.3) is 0 Å². The molecule has 1 heterocycles. The summed E-state index contributed by atoms with van der Waals surface area (Å²) >= 11 is 0. The van der Waals surface area contributed by atoms with E-state index in [4.69, 9.17) is 5.84 Å². The van der Waals surface area contributed by atoms with E-state index in [0.717, 1.165) is 11.3 Å². The van der Waals surface area contributed by atoms with Gasteiger partial charge in [-0.1, -0.05) is 18.2 Å². The number of rotatable bonds is 3. The molecule has 0 aliphatic carbocycles. The van der Waals surface area contributed by atoms with Crippen LogP contribution < -0.4 is 11.3 Å². The van der Waals surface area contributed by atoms with Crippen molar-refractivity contribution < 1.29 is 4.79 Å². The van der Waals surface area contributed by atoms with Crippen molar-refractivity contribution in [1.29, 1.82) is 0 Å². The molecule has 0 atom stereocenters. The third kappa shape index (κ3) is 2.51. The van der Waals surface area contributed by atoms with Gasteiger partial charge in [-0.3, -0.25) is 14.9 Å². The Kier molecular flexibility index (Phi) is 3.20. The van der Waals surface area contributed by atoms with Gasteiger partial charge in [0.05, 0.1) is 12.2 Å². The summed E-state index contributed by atoms with van der Waals surface area (Å²) in [4.78, 5) is 11.6. The van der Waals surface area contributed by atoms with Crippen LogP contribution in [0.15, 0.2) is 36.5 Å². The summed E-state index contributed by atoms with van der Waals surface area (Å²) in [5.74, 6) is 4.86. The Morgan fingerprint density at radius 2 is 2.18 bits per heavy atom. The minimum Gasteiger partial charge on any atom is -0.290 e. The topological polar surface area (TPSA) is 72.9 Å². The second-order valence-electron chi connectivity index (χ2n) is 3.79. The maximum Gasteiger partial charge on any atom is 0.265 e. The molecule has 0 radical (unpaired) electrons. The quantitative estimate of drug-likeness (QED) is 0.466. The first-order valence-electron chi connectivity index (χ1n) is 5.29. The van der Waals surface area contributed by atoms with Gasteiger partial charge >= 0.3 is 0 Å². The number of hydrogen-bond donors (Lipinski definition) is 2. The molecule has 0 spiro atoms. The predicted octanol–water partition coefficient (Wildman–Crippen LogP) is 0.843.